The van der Waals surface area contributed by atoms with Crippen LogP contribution in [0.5, 0.6) is 0 Å². The Bertz CT molecular complexity index is 1240. The Morgan fingerprint density at radius 1 is 0.935 bits per heavy atom. The number of hydrogen-bond donors (Lipinski definition) is 2. The van der Waals surface area contributed by atoms with E-state index in [9.17, 15) is 9.59 Å². The van der Waals surface area contributed by atoms with Crippen LogP contribution >= 0.6 is 0 Å². The third-order valence-electron chi connectivity index (χ3n) is 5.27. The summed E-state index contributed by atoms with van der Waals surface area (Å²) in [5, 5.41) is 11.0. The van der Waals surface area contributed by atoms with Crippen LogP contribution in [0.2, 0.25) is 0 Å². The zero-order valence-electron chi connectivity index (χ0n) is 16.8. The first-order valence-corrected chi connectivity index (χ1v) is 10.2. The van der Waals surface area contributed by atoms with Crippen LogP contribution in [0.15, 0.2) is 73.1 Å². The van der Waals surface area contributed by atoms with E-state index in [1.165, 1.54) is 0 Å². The predicted molar refractivity (Wildman–Crippen MR) is 119 cm³/mol. The molecule has 0 radical (unpaired) electrons. The molecule has 0 unspecified atom stereocenters. The standard InChI is InChI=1S/C24H21N5O2/c30-23(17-6-7-17)27-20-8-10-21(11-9-20)28-24(31)19-12-18-14-26-29(22(18)25-13-19)15-16-4-2-1-3-5-16/h1-5,8-14,17H,6-7,15H2,(H,27,30)(H,28,31). The molecule has 2 aromatic heterocycles. The fraction of sp³-hybridized carbons (Fsp3) is 0.167. The number of pyridine rings is 1. The smallest absolute Gasteiger partial charge is 0.257 e. The lowest BCUT2D eigenvalue weighted by Gasteiger charge is -2.08. The molecule has 2 heterocycles. The molecule has 31 heavy (non-hydrogen) atoms. The highest BCUT2D eigenvalue weighted by atomic mass is 16.2. The van der Waals surface area contributed by atoms with Gasteiger partial charge in [-0.3, -0.25) is 9.59 Å². The molecule has 7 heteroatoms. The first-order valence-electron chi connectivity index (χ1n) is 10.2. The van der Waals surface area contributed by atoms with Crippen LogP contribution in [-0.2, 0) is 11.3 Å². The molecule has 1 saturated carbocycles. The van der Waals surface area contributed by atoms with Crippen LogP contribution in [0.1, 0.15) is 28.8 Å². The van der Waals surface area contributed by atoms with Crippen LogP contribution < -0.4 is 10.6 Å². The Morgan fingerprint density at radius 3 is 2.35 bits per heavy atom. The highest BCUT2D eigenvalue weighted by Gasteiger charge is 2.29. The van der Waals surface area contributed by atoms with Crippen molar-refractivity contribution in [2.45, 2.75) is 19.4 Å². The fourth-order valence-electron chi connectivity index (χ4n) is 3.40. The molecule has 7 nitrogen and oxygen atoms in total. The van der Waals surface area contributed by atoms with E-state index in [2.05, 4.69) is 20.7 Å². The molecule has 0 bridgehead atoms. The van der Waals surface area contributed by atoms with Crippen molar-refractivity contribution < 1.29 is 9.59 Å². The molecule has 154 valence electrons. The second kappa shape index (κ2) is 8.02. The molecule has 4 aromatic rings. The van der Waals surface area contributed by atoms with E-state index in [1.54, 1.807) is 42.7 Å². The van der Waals surface area contributed by atoms with Crippen LogP contribution in [0.3, 0.4) is 0 Å². The third kappa shape index (κ3) is 4.30. The number of hydrogen-bond acceptors (Lipinski definition) is 4. The fourth-order valence-corrected chi connectivity index (χ4v) is 3.40. The van der Waals surface area contributed by atoms with Gasteiger partial charge in [0.2, 0.25) is 5.91 Å². The molecule has 2 aromatic carbocycles. The highest BCUT2D eigenvalue weighted by Crippen LogP contribution is 2.30. The SMILES string of the molecule is O=C(Nc1ccc(NC(=O)C2CC2)cc1)c1cnc2c(cnn2Cc2ccccc2)c1. The number of fused-ring (bicyclic) bond motifs is 1. The molecule has 5 rings (SSSR count). The van der Waals surface area contributed by atoms with Crippen molar-refractivity contribution in [1.82, 2.24) is 14.8 Å². The van der Waals surface area contributed by atoms with Crippen molar-refractivity contribution in [3.8, 4) is 0 Å². The van der Waals surface area contributed by atoms with Crippen molar-refractivity contribution >= 4 is 34.2 Å². The number of nitrogens with one attached hydrogen (secondary N) is 2. The number of benzene rings is 2. The number of carbonyl (C=O) groups is 2. The van der Waals surface area contributed by atoms with Crippen molar-refractivity contribution in [2.75, 3.05) is 10.6 Å². The van der Waals surface area contributed by atoms with Gasteiger partial charge in [-0.1, -0.05) is 30.3 Å². The first-order chi connectivity index (χ1) is 15.2. The summed E-state index contributed by atoms with van der Waals surface area (Å²) >= 11 is 0. The molecule has 1 aliphatic carbocycles. The second-order valence-electron chi connectivity index (χ2n) is 7.72. The summed E-state index contributed by atoms with van der Waals surface area (Å²) < 4.78 is 1.82. The Hall–Kier alpha value is -4.00. The van der Waals surface area contributed by atoms with Crippen molar-refractivity contribution in [3.05, 3.63) is 84.2 Å². The lowest BCUT2D eigenvalue weighted by Crippen LogP contribution is -2.14. The Labute approximate surface area is 179 Å². The van der Waals surface area contributed by atoms with Crippen LogP contribution in [-0.4, -0.2) is 26.6 Å². The normalized spacial score (nSPS) is 13.2. The molecule has 2 amide bonds. The minimum atomic E-state index is -0.250. The monoisotopic (exact) mass is 411 g/mol. The van der Waals surface area contributed by atoms with Gasteiger partial charge in [0.25, 0.3) is 5.91 Å². The topological polar surface area (TPSA) is 88.9 Å². The average Bonchev–Trinajstić information content (AvgIpc) is 3.58. The summed E-state index contributed by atoms with van der Waals surface area (Å²) in [6.45, 7) is 0.618. The molecule has 0 atom stereocenters. The maximum Gasteiger partial charge on any atom is 0.257 e. The predicted octanol–water partition coefficient (Wildman–Crippen LogP) is 4.08. The van der Waals surface area contributed by atoms with E-state index < -0.39 is 0 Å². The number of anilines is 2. The summed E-state index contributed by atoms with van der Waals surface area (Å²) in [5.41, 5.74) is 3.69. The summed E-state index contributed by atoms with van der Waals surface area (Å²) in [6.07, 6.45) is 5.21. The molecule has 0 aliphatic heterocycles. The van der Waals surface area contributed by atoms with Crippen LogP contribution in [0.25, 0.3) is 11.0 Å². The van der Waals surface area contributed by atoms with Crippen molar-refractivity contribution in [3.63, 3.8) is 0 Å². The summed E-state index contributed by atoms with van der Waals surface area (Å²) in [4.78, 5) is 29.0. The molecular weight excluding hydrogens is 390 g/mol. The van der Waals surface area contributed by atoms with Crippen molar-refractivity contribution in [2.24, 2.45) is 5.92 Å². The third-order valence-corrected chi connectivity index (χ3v) is 5.27. The second-order valence-corrected chi connectivity index (χ2v) is 7.72. The minimum absolute atomic E-state index is 0.0592. The van der Waals surface area contributed by atoms with Gasteiger partial charge in [0.05, 0.1) is 18.3 Å². The largest absolute Gasteiger partial charge is 0.326 e. The quantitative estimate of drug-likeness (QED) is 0.500. The maximum atomic E-state index is 12.7. The van der Waals surface area contributed by atoms with Gasteiger partial charge in [-0.15, -0.1) is 0 Å². The number of nitrogens with zero attached hydrogens (tertiary/aromatic N) is 3. The Morgan fingerprint density at radius 2 is 1.65 bits per heavy atom. The van der Waals surface area contributed by atoms with Gasteiger partial charge in [-0.2, -0.15) is 5.10 Å². The van der Waals surface area contributed by atoms with E-state index in [0.29, 0.717) is 17.8 Å². The van der Waals surface area contributed by atoms with Gasteiger partial charge in [0, 0.05) is 28.9 Å². The van der Waals surface area contributed by atoms with E-state index in [4.69, 9.17) is 0 Å². The highest BCUT2D eigenvalue weighted by molar-refractivity contribution is 6.05. The van der Waals surface area contributed by atoms with Gasteiger partial charge < -0.3 is 10.6 Å². The number of aromatic nitrogens is 3. The number of amides is 2. The number of carbonyl (C=O) groups excluding carboxylic acids is 2. The molecule has 1 aliphatic rings. The van der Waals surface area contributed by atoms with E-state index >= 15 is 0 Å². The Kier molecular flexibility index (Phi) is 4.92. The Balaban J connectivity index is 1.27. The zero-order valence-corrected chi connectivity index (χ0v) is 16.8. The van der Waals surface area contributed by atoms with Gasteiger partial charge >= 0.3 is 0 Å². The lowest BCUT2D eigenvalue weighted by atomic mass is 10.2. The van der Waals surface area contributed by atoms with Gasteiger partial charge in [-0.05, 0) is 48.7 Å². The maximum absolute atomic E-state index is 12.7. The molecular formula is C24H21N5O2. The summed E-state index contributed by atoms with van der Waals surface area (Å²) in [5.74, 6) is -0.0391. The summed E-state index contributed by atoms with van der Waals surface area (Å²) in [6, 6.07) is 18.9. The number of rotatable bonds is 6. The zero-order chi connectivity index (χ0) is 21.2. The van der Waals surface area contributed by atoms with Crippen molar-refractivity contribution in [1.29, 1.82) is 0 Å². The molecule has 0 saturated heterocycles. The molecule has 0 spiro atoms. The van der Waals surface area contributed by atoms with Gasteiger partial charge in [0.15, 0.2) is 5.65 Å². The van der Waals surface area contributed by atoms with Crippen LogP contribution in [0.4, 0.5) is 11.4 Å². The molecule has 1 fully saturated rings. The van der Waals surface area contributed by atoms with Crippen LogP contribution in [0, 0.1) is 5.92 Å². The van der Waals surface area contributed by atoms with Gasteiger partial charge in [0.1, 0.15) is 0 Å². The first kappa shape index (κ1) is 19.0. The van der Waals surface area contributed by atoms with E-state index in [-0.39, 0.29) is 17.7 Å². The van der Waals surface area contributed by atoms with E-state index in [0.717, 1.165) is 35.1 Å². The average molecular weight is 411 g/mol. The van der Waals surface area contributed by atoms with E-state index in [1.807, 2.05) is 35.0 Å². The molecule has 2 N–H and O–H groups in total. The minimum Gasteiger partial charge on any atom is -0.326 e. The van der Waals surface area contributed by atoms with Gasteiger partial charge in [-0.25, -0.2) is 9.67 Å². The summed E-state index contributed by atoms with van der Waals surface area (Å²) in [7, 11) is 0. The lowest BCUT2D eigenvalue weighted by molar-refractivity contribution is -0.117.